The van der Waals surface area contributed by atoms with Crippen molar-refractivity contribution in [1.29, 1.82) is 0 Å². The van der Waals surface area contributed by atoms with E-state index in [0.29, 0.717) is 10.0 Å². The predicted molar refractivity (Wildman–Crippen MR) is 77.2 cm³/mol. The molecule has 0 atom stereocenters. The van der Waals surface area contributed by atoms with Crippen molar-refractivity contribution in [2.45, 2.75) is 13.5 Å². The molecule has 0 saturated carbocycles. The topological polar surface area (TPSA) is 12.0 Å². The third-order valence-corrected chi connectivity index (χ3v) is 4.07. The molecule has 0 spiro atoms. The van der Waals surface area contributed by atoms with Gasteiger partial charge in [-0.3, -0.25) is 0 Å². The van der Waals surface area contributed by atoms with Gasteiger partial charge in [-0.1, -0.05) is 36.2 Å². The molecule has 0 bridgehead atoms. The summed E-state index contributed by atoms with van der Waals surface area (Å²) in [6.45, 7) is 3.99. The zero-order chi connectivity index (χ0) is 12.3. The number of rotatable bonds is 4. The molecule has 0 aliphatic heterocycles. The molecule has 0 unspecified atom stereocenters. The molecule has 0 aliphatic carbocycles. The smallest absolute Gasteiger partial charge is 0.0507 e. The van der Waals surface area contributed by atoms with Gasteiger partial charge in [0.15, 0.2) is 0 Å². The molecule has 4 heteroatoms. The van der Waals surface area contributed by atoms with E-state index in [1.165, 1.54) is 9.75 Å². The van der Waals surface area contributed by atoms with Crippen LogP contribution in [0.1, 0.15) is 11.8 Å². The Morgan fingerprint density at radius 3 is 2.71 bits per heavy atom. The van der Waals surface area contributed by atoms with Gasteiger partial charge >= 0.3 is 0 Å². The summed E-state index contributed by atoms with van der Waals surface area (Å²) >= 11 is 13.8. The molecular weight excluding hydrogens is 273 g/mol. The summed E-state index contributed by atoms with van der Waals surface area (Å²) in [6.07, 6.45) is 0. The second kappa shape index (κ2) is 5.87. The first-order chi connectivity index (χ1) is 8.20. The lowest BCUT2D eigenvalue weighted by Crippen LogP contribution is -2.10. The highest BCUT2D eigenvalue weighted by atomic mass is 35.5. The monoisotopic (exact) mass is 285 g/mol. The number of halogens is 2. The zero-order valence-corrected chi connectivity index (χ0v) is 11.8. The second-order valence-electron chi connectivity index (χ2n) is 3.67. The Labute approximate surface area is 115 Å². The molecule has 17 heavy (non-hydrogen) atoms. The molecular formula is C13H13Cl2NS. The van der Waals surface area contributed by atoms with E-state index in [0.717, 1.165) is 18.7 Å². The number of nitrogens with one attached hydrogen (secondary N) is 1. The average molecular weight is 286 g/mol. The predicted octanol–water partition coefficient (Wildman–Crippen LogP) is 4.83. The minimum atomic E-state index is 0.670. The molecule has 1 nitrogen and oxygen atoms in total. The Bertz CT molecular complexity index is 508. The molecule has 1 heterocycles. The maximum Gasteiger partial charge on any atom is 0.0507 e. The number of benzene rings is 1. The maximum atomic E-state index is 6.18. The quantitative estimate of drug-likeness (QED) is 0.848. The van der Waals surface area contributed by atoms with Crippen LogP contribution in [-0.4, -0.2) is 6.54 Å². The first-order valence-electron chi connectivity index (χ1n) is 5.45. The van der Waals surface area contributed by atoms with Crippen molar-refractivity contribution >= 4 is 34.5 Å². The number of hydrogen-bond donors (Lipinski definition) is 1. The molecule has 0 saturated heterocycles. The summed E-state index contributed by atoms with van der Waals surface area (Å²) < 4.78 is 0. The van der Waals surface area contributed by atoms with Crippen LogP contribution in [0.2, 0.25) is 10.0 Å². The van der Waals surface area contributed by atoms with Crippen LogP contribution >= 0.6 is 34.5 Å². The minimum Gasteiger partial charge on any atom is -0.312 e. The van der Waals surface area contributed by atoms with E-state index in [9.17, 15) is 0 Å². The minimum absolute atomic E-state index is 0.670. The van der Waals surface area contributed by atoms with Crippen LogP contribution in [0.25, 0.3) is 10.4 Å². The summed E-state index contributed by atoms with van der Waals surface area (Å²) in [5.74, 6) is 0. The molecule has 1 N–H and O–H groups in total. The zero-order valence-electron chi connectivity index (χ0n) is 9.47. The van der Waals surface area contributed by atoms with E-state index in [-0.39, 0.29) is 0 Å². The second-order valence-corrected chi connectivity index (χ2v) is 5.68. The summed E-state index contributed by atoms with van der Waals surface area (Å²) in [4.78, 5) is 2.49. The van der Waals surface area contributed by atoms with Gasteiger partial charge in [-0.25, -0.2) is 0 Å². The van der Waals surface area contributed by atoms with Gasteiger partial charge in [-0.15, -0.1) is 11.3 Å². The highest BCUT2D eigenvalue weighted by Gasteiger charge is 2.07. The van der Waals surface area contributed by atoms with E-state index < -0.39 is 0 Å². The van der Waals surface area contributed by atoms with Crippen LogP contribution in [0, 0.1) is 0 Å². The van der Waals surface area contributed by atoms with Crippen LogP contribution in [-0.2, 0) is 6.54 Å². The summed E-state index contributed by atoms with van der Waals surface area (Å²) in [5.41, 5.74) is 1.05. The first-order valence-corrected chi connectivity index (χ1v) is 7.03. The lowest BCUT2D eigenvalue weighted by atomic mass is 10.2. The molecule has 90 valence electrons. The van der Waals surface area contributed by atoms with E-state index in [4.69, 9.17) is 23.2 Å². The van der Waals surface area contributed by atoms with Crippen molar-refractivity contribution in [3.8, 4) is 10.4 Å². The SMILES string of the molecule is CCNCc1ccc(-c2ccc(Cl)cc2Cl)s1. The third kappa shape index (κ3) is 3.23. The Hall–Kier alpha value is -0.540. The molecule has 0 amide bonds. The average Bonchev–Trinajstić information content (AvgIpc) is 2.75. The van der Waals surface area contributed by atoms with Gasteiger partial charge in [-0.05, 0) is 30.8 Å². The summed E-state index contributed by atoms with van der Waals surface area (Å²) in [5, 5.41) is 4.68. The van der Waals surface area contributed by atoms with Crippen LogP contribution in [0.3, 0.4) is 0 Å². The standard InChI is InChI=1S/C13H13Cl2NS/c1-2-16-8-10-4-6-13(17-10)11-5-3-9(14)7-12(11)15/h3-7,16H,2,8H2,1H3. The van der Waals surface area contributed by atoms with Gasteiger partial charge in [0.1, 0.15) is 0 Å². The molecule has 0 radical (unpaired) electrons. The van der Waals surface area contributed by atoms with Gasteiger partial charge in [0.25, 0.3) is 0 Å². The van der Waals surface area contributed by atoms with Crippen molar-refractivity contribution < 1.29 is 0 Å². The van der Waals surface area contributed by atoms with Crippen molar-refractivity contribution in [3.63, 3.8) is 0 Å². The Morgan fingerprint density at radius 1 is 1.18 bits per heavy atom. The lowest BCUT2D eigenvalue weighted by Gasteiger charge is -2.01. The number of thiophene rings is 1. The van der Waals surface area contributed by atoms with Gasteiger partial charge in [0, 0.05) is 26.9 Å². The fourth-order valence-corrected chi connectivity index (χ4v) is 3.14. The summed E-state index contributed by atoms with van der Waals surface area (Å²) in [6, 6.07) is 9.85. The Balaban J connectivity index is 2.24. The molecule has 1 aromatic heterocycles. The highest BCUT2D eigenvalue weighted by Crippen LogP contribution is 2.34. The fraction of sp³-hybridized carbons (Fsp3) is 0.231. The van der Waals surface area contributed by atoms with Gasteiger partial charge in [0.2, 0.25) is 0 Å². The number of hydrogen-bond acceptors (Lipinski definition) is 2. The van der Waals surface area contributed by atoms with Gasteiger partial charge in [0.05, 0.1) is 5.02 Å². The Kier molecular flexibility index (Phi) is 4.46. The van der Waals surface area contributed by atoms with Crippen LogP contribution in [0.4, 0.5) is 0 Å². The fourth-order valence-electron chi connectivity index (χ4n) is 1.56. The lowest BCUT2D eigenvalue weighted by molar-refractivity contribution is 0.735. The van der Waals surface area contributed by atoms with Crippen molar-refractivity contribution in [1.82, 2.24) is 5.32 Å². The summed E-state index contributed by atoms with van der Waals surface area (Å²) in [7, 11) is 0. The van der Waals surface area contributed by atoms with E-state index in [1.54, 1.807) is 17.4 Å². The van der Waals surface area contributed by atoms with Crippen LogP contribution in [0.15, 0.2) is 30.3 Å². The molecule has 0 aliphatic rings. The first kappa shape index (κ1) is 12.9. The maximum absolute atomic E-state index is 6.18. The van der Waals surface area contributed by atoms with Crippen molar-refractivity contribution in [2.75, 3.05) is 6.54 Å². The van der Waals surface area contributed by atoms with Gasteiger partial charge in [-0.2, -0.15) is 0 Å². The molecule has 2 rings (SSSR count). The molecule has 0 fully saturated rings. The van der Waals surface area contributed by atoms with E-state index in [1.807, 2.05) is 12.1 Å². The van der Waals surface area contributed by atoms with E-state index >= 15 is 0 Å². The van der Waals surface area contributed by atoms with E-state index in [2.05, 4.69) is 24.4 Å². The third-order valence-electron chi connectivity index (χ3n) is 2.41. The van der Waals surface area contributed by atoms with Crippen LogP contribution in [0.5, 0.6) is 0 Å². The largest absolute Gasteiger partial charge is 0.312 e. The Morgan fingerprint density at radius 2 is 2.00 bits per heavy atom. The van der Waals surface area contributed by atoms with Gasteiger partial charge < -0.3 is 5.32 Å². The molecule has 1 aromatic carbocycles. The normalized spacial score (nSPS) is 10.8. The van der Waals surface area contributed by atoms with Crippen LogP contribution < -0.4 is 5.32 Å². The highest BCUT2D eigenvalue weighted by molar-refractivity contribution is 7.15. The van der Waals surface area contributed by atoms with Crippen molar-refractivity contribution in [3.05, 3.63) is 45.3 Å². The van der Waals surface area contributed by atoms with Crippen molar-refractivity contribution in [2.24, 2.45) is 0 Å². The molecule has 2 aromatic rings.